The van der Waals surface area contributed by atoms with E-state index in [1.807, 2.05) is 12.1 Å². The standard InChI is InChI=1S/C7H9N3O.C5H11N.2H2/c8-7(11)10-5-6-1-3-9-4-2-6;1-6-4-2-3-5-6;;/h1-4H,5H2,(H3,8,10,11);2-5H2,1H3;2*1H. The number of urea groups is 1. The van der Waals surface area contributed by atoms with E-state index in [4.69, 9.17) is 5.73 Å². The molecule has 0 atom stereocenters. The van der Waals surface area contributed by atoms with Crippen molar-refractivity contribution in [2.24, 2.45) is 5.73 Å². The predicted molar refractivity (Wildman–Crippen MR) is 71.6 cm³/mol. The minimum atomic E-state index is -0.512. The quantitative estimate of drug-likeness (QED) is 0.822. The summed E-state index contributed by atoms with van der Waals surface area (Å²) in [6.07, 6.45) is 6.16. The molecule has 1 aliphatic heterocycles. The van der Waals surface area contributed by atoms with Crippen molar-refractivity contribution in [1.29, 1.82) is 0 Å². The van der Waals surface area contributed by atoms with Crippen LogP contribution in [0.25, 0.3) is 0 Å². The molecule has 0 unspecified atom stereocenters. The zero-order chi connectivity index (χ0) is 12.5. The number of carbonyl (C=O) groups is 1. The van der Waals surface area contributed by atoms with Gasteiger partial charge in [-0.3, -0.25) is 4.98 Å². The Morgan fingerprint density at radius 3 is 2.47 bits per heavy atom. The van der Waals surface area contributed by atoms with Crippen LogP contribution in [0.1, 0.15) is 21.3 Å². The van der Waals surface area contributed by atoms with Crippen molar-refractivity contribution in [2.75, 3.05) is 20.1 Å². The van der Waals surface area contributed by atoms with Crippen molar-refractivity contribution >= 4 is 6.03 Å². The van der Waals surface area contributed by atoms with E-state index in [0.29, 0.717) is 6.54 Å². The number of rotatable bonds is 2. The fourth-order valence-corrected chi connectivity index (χ4v) is 1.57. The number of likely N-dealkylation sites (tertiary alicyclic amines) is 1. The Hall–Kier alpha value is -1.62. The van der Waals surface area contributed by atoms with E-state index >= 15 is 0 Å². The molecule has 1 aromatic rings. The van der Waals surface area contributed by atoms with E-state index < -0.39 is 6.03 Å². The van der Waals surface area contributed by atoms with E-state index in [0.717, 1.165) is 5.56 Å². The van der Waals surface area contributed by atoms with E-state index in [2.05, 4.69) is 22.2 Å². The van der Waals surface area contributed by atoms with E-state index in [1.54, 1.807) is 12.4 Å². The van der Waals surface area contributed by atoms with Gasteiger partial charge in [0, 0.05) is 21.8 Å². The van der Waals surface area contributed by atoms with Gasteiger partial charge >= 0.3 is 6.03 Å². The number of nitrogens with one attached hydrogen (secondary N) is 1. The summed E-state index contributed by atoms with van der Waals surface area (Å²) in [7, 11) is 2.17. The number of pyridine rings is 1. The molecule has 2 rings (SSSR count). The van der Waals surface area contributed by atoms with Crippen molar-refractivity contribution < 1.29 is 7.65 Å². The Kier molecular flexibility index (Phi) is 6.03. The summed E-state index contributed by atoms with van der Waals surface area (Å²) < 4.78 is 0. The van der Waals surface area contributed by atoms with Crippen LogP contribution in [0.2, 0.25) is 0 Å². The first kappa shape index (κ1) is 13.4. The zero-order valence-electron chi connectivity index (χ0n) is 10.2. The Bertz CT molecular complexity index is 332. The van der Waals surface area contributed by atoms with Crippen molar-refractivity contribution in [2.45, 2.75) is 19.4 Å². The molecular formula is C12H24N4O. The molecule has 0 aromatic carbocycles. The number of hydrogen-bond donors (Lipinski definition) is 2. The van der Waals surface area contributed by atoms with E-state index in [1.165, 1.54) is 25.9 Å². The lowest BCUT2D eigenvalue weighted by molar-refractivity contribution is 0.248. The molecule has 0 saturated carbocycles. The number of nitrogens with zero attached hydrogens (tertiary/aromatic N) is 2. The maximum Gasteiger partial charge on any atom is 0.312 e. The van der Waals surface area contributed by atoms with Gasteiger partial charge in [-0.2, -0.15) is 0 Å². The first-order chi connectivity index (χ1) is 8.18. The van der Waals surface area contributed by atoms with Gasteiger partial charge in [0.25, 0.3) is 0 Å². The summed E-state index contributed by atoms with van der Waals surface area (Å²) in [4.78, 5) is 16.5. The summed E-state index contributed by atoms with van der Waals surface area (Å²) in [6.45, 7) is 3.10. The van der Waals surface area contributed by atoms with Crippen molar-refractivity contribution in [3.8, 4) is 0 Å². The van der Waals surface area contributed by atoms with Crippen LogP contribution < -0.4 is 11.1 Å². The van der Waals surface area contributed by atoms with Gasteiger partial charge in [0.1, 0.15) is 0 Å². The molecule has 0 spiro atoms. The van der Waals surface area contributed by atoms with Crippen LogP contribution in [0.4, 0.5) is 4.79 Å². The molecule has 2 amide bonds. The highest BCUT2D eigenvalue weighted by atomic mass is 16.2. The third-order valence-corrected chi connectivity index (χ3v) is 2.55. The smallest absolute Gasteiger partial charge is 0.312 e. The molecule has 1 fully saturated rings. The van der Waals surface area contributed by atoms with E-state index in [-0.39, 0.29) is 2.85 Å². The lowest BCUT2D eigenvalue weighted by Gasteiger charge is -2.01. The van der Waals surface area contributed by atoms with Crippen LogP contribution in [0.5, 0.6) is 0 Å². The fraction of sp³-hybridized carbons (Fsp3) is 0.500. The highest BCUT2D eigenvalue weighted by Crippen LogP contribution is 2.02. The molecule has 3 N–H and O–H groups in total. The number of carbonyl (C=O) groups excluding carboxylic acids is 1. The topological polar surface area (TPSA) is 71.2 Å². The van der Waals surface area contributed by atoms with Crippen LogP contribution in [0.3, 0.4) is 0 Å². The van der Waals surface area contributed by atoms with Gasteiger partial charge in [0.15, 0.2) is 0 Å². The minimum Gasteiger partial charge on any atom is -0.352 e. The molecule has 98 valence electrons. The van der Waals surface area contributed by atoms with Gasteiger partial charge in [-0.25, -0.2) is 4.79 Å². The van der Waals surface area contributed by atoms with Crippen LogP contribution >= 0.6 is 0 Å². The number of aromatic nitrogens is 1. The van der Waals surface area contributed by atoms with Crippen molar-refractivity contribution in [1.82, 2.24) is 15.2 Å². The molecule has 5 nitrogen and oxygen atoms in total. The van der Waals surface area contributed by atoms with Gasteiger partial charge in [-0.1, -0.05) is 0 Å². The lowest BCUT2D eigenvalue weighted by Crippen LogP contribution is -2.28. The highest BCUT2D eigenvalue weighted by molar-refractivity contribution is 5.71. The molecule has 1 saturated heterocycles. The molecule has 1 aliphatic rings. The molecule has 0 aliphatic carbocycles. The first-order valence-corrected chi connectivity index (χ1v) is 5.79. The summed E-state index contributed by atoms with van der Waals surface area (Å²) >= 11 is 0. The van der Waals surface area contributed by atoms with Gasteiger partial charge in [0.05, 0.1) is 0 Å². The van der Waals surface area contributed by atoms with Crippen LogP contribution in [-0.2, 0) is 6.54 Å². The monoisotopic (exact) mass is 240 g/mol. The second-order valence-corrected chi connectivity index (χ2v) is 4.08. The maximum absolute atomic E-state index is 10.3. The lowest BCUT2D eigenvalue weighted by atomic mass is 10.3. The van der Waals surface area contributed by atoms with Crippen LogP contribution in [0, 0.1) is 0 Å². The summed E-state index contributed by atoms with van der Waals surface area (Å²) in [5, 5.41) is 2.47. The van der Waals surface area contributed by atoms with Gasteiger partial charge < -0.3 is 16.0 Å². The second-order valence-electron chi connectivity index (χ2n) is 4.08. The van der Waals surface area contributed by atoms with Crippen molar-refractivity contribution in [3.63, 3.8) is 0 Å². The Balaban J connectivity index is 0. The second kappa shape index (κ2) is 7.62. The zero-order valence-corrected chi connectivity index (χ0v) is 10.2. The van der Waals surface area contributed by atoms with Gasteiger partial charge in [0.2, 0.25) is 0 Å². The summed E-state index contributed by atoms with van der Waals surface area (Å²) in [6, 6.07) is 3.12. The molecule has 5 heteroatoms. The molecule has 0 radical (unpaired) electrons. The van der Waals surface area contributed by atoms with E-state index in [9.17, 15) is 4.79 Å². The SMILES string of the molecule is CN1CCCC1.NC(=O)NCc1ccncc1.[HH].[HH]. The predicted octanol–water partition coefficient (Wildman–Crippen LogP) is 1.45. The Morgan fingerprint density at radius 1 is 1.47 bits per heavy atom. The highest BCUT2D eigenvalue weighted by Gasteiger charge is 2.03. The third-order valence-electron chi connectivity index (χ3n) is 2.55. The fourth-order valence-electron chi connectivity index (χ4n) is 1.57. The minimum absolute atomic E-state index is 0. The molecule has 2 heterocycles. The van der Waals surface area contributed by atoms with Crippen molar-refractivity contribution in [3.05, 3.63) is 30.1 Å². The number of amides is 2. The average Bonchev–Trinajstić information content (AvgIpc) is 2.80. The molecular weight excluding hydrogens is 216 g/mol. The Labute approximate surface area is 105 Å². The van der Waals surface area contributed by atoms with Crippen LogP contribution in [-0.4, -0.2) is 36.1 Å². The summed E-state index contributed by atoms with van der Waals surface area (Å²) in [5.41, 5.74) is 5.86. The maximum atomic E-state index is 10.3. The van der Waals surface area contributed by atoms with Gasteiger partial charge in [-0.15, -0.1) is 0 Å². The summed E-state index contributed by atoms with van der Waals surface area (Å²) in [5.74, 6) is 0. The average molecular weight is 240 g/mol. The molecule has 0 bridgehead atoms. The molecule has 1 aromatic heterocycles. The molecule has 17 heavy (non-hydrogen) atoms. The normalized spacial score (nSPS) is 14.9. The third kappa shape index (κ3) is 6.52. The number of primary amides is 1. The van der Waals surface area contributed by atoms with Crippen LogP contribution in [0.15, 0.2) is 24.5 Å². The largest absolute Gasteiger partial charge is 0.352 e. The van der Waals surface area contributed by atoms with Gasteiger partial charge in [-0.05, 0) is 50.7 Å². The number of hydrogen-bond acceptors (Lipinski definition) is 3. The number of nitrogens with two attached hydrogens (primary N) is 1. The Morgan fingerprint density at radius 2 is 2.06 bits per heavy atom. The first-order valence-electron chi connectivity index (χ1n) is 5.79.